The number of aromatic nitrogens is 2. The number of aryl methyl sites for hydroxylation is 1. The number of carbonyl (C=O) groups is 2. The third-order valence-corrected chi connectivity index (χ3v) is 5.29. The van der Waals surface area contributed by atoms with Gasteiger partial charge in [-0.3, -0.25) is 19.5 Å². The van der Waals surface area contributed by atoms with Gasteiger partial charge in [-0.25, -0.2) is 4.98 Å². The van der Waals surface area contributed by atoms with E-state index in [9.17, 15) is 9.59 Å². The van der Waals surface area contributed by atoms with E-state index >= 15 is 0 Å². The first-order valence-electron chi connectivity index (χ1n) is 10.5. The average molecular weight is 406 g/mol. The molecule has 1 N–H and O–H groups in total. The van der Waals surface area contributed by atoms with Gasteiger partial charge in [0.2, 0.25) is 5.91 Å². The van der Waals surface area contributed by atoms with Gasteiger partial charge in [0, 0.05) is 51.4 Å². The fourth-order valence-corrected chi connectivity index (χ4v) is 3.02. The molecule has 0 aromatic carbocycles. The minimum absolute atomic E-state index is 0.0350. The summed E-state index contributed by atoms with van der Waals surface area (Å²) in [7, 11) is 0. The van der Waals surface area contributed by atoms with E-state index in [1.807, 2.05) is 13.8 Å². The van der Waals surface area contributed by atoms with Gasteiger partial charge in [0.1, 0.15) is 5.69 Å². The second-order valence-electron chi connectivity index (χ2n) is 7.99. The summed E-state index contributed by atoms with van der Waals surface area (Å²) in [6.45, 7) is 13.2. The Morgan fingerprint density at radius 3 is 2.52 bits per heavy atom. The molecule has 1 aromatic rings. The van der Waals surface area contributed by atoms with Gasteiger partial charge in [-0.15, -0.1) is 0 Å². The maximum atomic E-state index is 12.9. The highest BCUT2D eigenvalue weighted by atomic mass is 16.5. The van der Waals surface area contributed by atoms with Crippen molar-refractivity contribution in [3.05, 3.63) is 23.8 Å². The number of nitrogens with one attached hydrogen (secondary N) is 1. The van der Waals surface area contributed by atoms with Crippen LogP contribution in [0.4, 0.5) is 0 Å². The molecule has 0 saturated carbocycles. The molecule has 1 aliphatic heterocycles. The van der Waals surface area contributed by atoms with Crippen molar-refractivity contribution in [2.24, 2.45) is 5.92 Å². The molecule has 2 rings (SSSR count). The molecular weight excluding hydrogens is 370 g/mol. The largest absolute Gasteiger partial charge is 0.379 e. The lowest BCUT2D eigenvalue weighted by atomic mass is 10.1. The second-order valence-corrected chi connectivity index (χ2v) is 7.99. The van der Waals surface area contributed by atoms with Gasteiger partial charge in [-0.1, -0.05) is 13.8 Å². The van der Waals surface area contributed by atoms with E-state index in [0.29, 0.717) is 24.7 Å². The van der Waals surface area contributed by atoms with Crippen LogP contribution in [0.1, 0.15) is 49.8 Å². The van der Waals surface area contributed by atoms with Crippen molar-refractivity contribution in [3.8, 4) is 0 Å². The highest BCUT2D eigenvalue weighted by Gasteiger charge is 2.20. The van der Waals surface area contributed by atoms with Crippen LogP contribution in [0.15, 0.2) is 12.4 Å². The van der Waals surface area contributed by atoms with Crippen molar-refractivity contribution in [1.29, 1.82) is 0 Å². The van der Waals surface area contributed by atoms with E-state index in [1.165, 1.54) is 6.20 Å². The van der Waals surface area contributed by atoms with Crippen LogP contribution in [0.2, 0.25) is 0 Å². The van der Waals surface area contributed by atoms with Gasteiger partial charge < -0.3 is 15.0 Å². The molecule has 29 heavy (non-hydrogen) atoms. The SMILES string of the molecule is Cc1cnc(C(=O)N(CCCN2CCOCC2)CCC(=O)NC(C)C(C)C)cn1. The van der Waals surface area contributed by atoms with Crippen molar-refractivity contribution in [1.82, 2.24) is 25.1 Å². The summed E-state index contributed by atoms with van der Waals surface area (Å²) in [6, 6.07) is 0.107. The number of ether oxygens (including phenoxy) is 1. The molecule has 1 atom stereocenters. The summed E-state index contributed by atoms with van der Waals surface area (Å²) in [4.78, 5) is 37.7. The maximum absolute atomic E-state index is 12.9. The molecular formula is C21H35N5O3. The average Bonchev–Trinajstić information content (AvgIpc) is 2.71. The first-order valence-corrected chi connectivity index (χ1v) is 10.5. The monoisotopic (exact) mass is 405 g/mol. The second kappa shape index (κ2) is 11.8. The van der Waals surface area contributed by atoms with Crippen molar-refractivity contribution in [2.45, 2.75) is 46.6 Å². The zero-order valence-electron chi connectivity index (χ0n) is 18.2. The van der Waals surface area contributed by atoms with Gasteiger partial charge in [0.25, 0.3) is 5.91 Å². The highest BCUT2D eigenvalue weighted by Crippen LogP contribution is 2.07. The van der Waals surface area contributed by atoms with E-state index in [1.54, 1.807) is 11.1 Å². The number of nitrogens with zero attached hydrogens (tertiary/aromatic N) is 4. The molecule has 0 radical (unpaired) electrons. The summed E-state index contributed by atoms with van der Waals surface area (Å²) in [5, 5.41) is 3.00. The maximum Gasteiger partial charge on any atom is 0.274 e. The van der Waals surface area contributed by atoms with Crippen LogP contribution in [0.5, 0.6) is 0 Å². The van der Waals surface area contributed by atoms with Gasteiger partial charge in [-0.2, -0.15) is 0 Å². The molecule has 0 aliphatic carbocycles. The predicted molar refractivity (Wildman–Crippen MR) is 112 cm³/mol. The Morgan fingerprint density at radius 2 is 1.90 bits per heavy atom. The Bertz CT molecular complexity index is 644. The fourth-order valence-electron chi connectivity index (χ4n) is 3.02. The Labute approximate surface area is 174 Å². The summed E-state index contributed by atoms with van der Waals surface area (Å²) in [5.41, 5.74) is 1.08. The third kappa shape index (κ3) is 8.06. The molecule has 162 valence electrons. The lowest BCUT2D eigenvalue weighted by Crippen LogP contribution is -2.41. The smallest absolute Gasteiger partial charge is 0.274 e. The summed E-state index contributed by atoms with van der Waals surface area (Å²) >= 11 is 0. The van der Waals surface area contributed by atoms with E-state index in [0.717, 1.165) is 45.0 Å². The molecule has 8 nitrogen and oxygen atoms in total. The quantitative estimate of drug-likeness (QED) is 0.635. The van der Waals surface area contributed by atoms with Crippen LogP contribution in [-0.2, 0) is 9.53 Å². The van der Waals surface area contributed by atoms with Gasteiger partial charge in [0.15, 0.2) is 0 Å². The number of hydrogen-bond donors (Lipinski definition) is 1. The first kappa shape index (κ1) is 23.2. The highest BCUT2D eigenvalue weighted by molar-refractivity contribution is 5.92. The fraction of sp³-hybridized carbons (Fsp3) is 0.714. The zero-order chi connectivity index (χ0) is 21.2. The lowest BCUT2D eigenvalue weighted by molar-refractivity contribution is -0.122. The van der Waals surface area contributed by atoms with Crippen LogP contribution < -0.4 is 5.32 Å². The molecule has 0 spiro atoms. The van der Waals surface area contributed by atoms with Crippen LogP contribution >= 0.6 is 0 Å². The number of carbonyl (C=O) groups excluding carboxylic acids is 2. The molecule has 0 bridgehead atoms. The zero-order valence-corrected chi connectivity index (χ0v) is 18.2. The van der Waals surface area contributed by atoms with Crippen molar-refractivity contribution < 1.29 is 14.3 Å². The lowest BCUT2D eigenvalue weighted by Gasteiger charge is -2.28. The third-order valence-electron chi connectivity index (χ3n) is 5.29. The Kier molecular flexibility index (Phi) is 9.47. The van der Waals surface area contributed by atoms with E-state index in [4.69, 9.17) is 4.74 Å². The predicted octanol–water partition coefficient (Wildman–Crippen LogP) is 1.50. The first-order chi connectivity index (χ1) is 13.9. The molecule has 1 saturated heterocycles. The standard InChI is InChI=1S/C21H35N5O3/c1-16(2)18(4)24-20(27)6-9-26(8-5-7-25-10-12-29-13-11-25)21(28)19-15-22-17(3)14-23-19/h14-16,18H,5-13H2,1-4H3,(H,24,27). The molecule has 1 fully saturated rings. The number of amides is 2. The Balaban J connectivity index is 1.93. The van der Waals surface area contributed by atoms with Crippen molar-refractivity contribution in [2.75, 3.05) is 45.9 Å². The topological polar surface area (TPSA) is 87.7 Å². The van der Waals surface area contributed by atoms with Gasteiger partial charge in [0.05, 0.1) is 25.1 Å². The Hall–Kier alpha value is -2.06. The minimum atomic E-state index is -0.177. The summed E-state index contributed by atoms with van der Waals surface area (Å²) < 4.78 is 5.38. The minimum Gasteiger partial charge on any atom is -0.379 e. The summed E-state index contributed by atoms with van der Waals surface area (Å²) in [6.07, 6.45) is 4.22. The number of morpholine rings is 1. The molecule has 2 amide bonds. The van der Waals surface area contributed by atoms with Gasteiger partial charge in [-0.05, 0) is 26.2 Å². The van der Waals surface area contributed by atoms with Crippen LogP contribution in [0.3, 0.4) is 0 Å². The molecule has 1 unspecified atom stereocenters. The normalized spacial score (nSPS) is 15.9. The van der Waals surface area contributed by atoms with Crippen molar-refractivity contribution >= 4 is 11.8 Å². The van der Waals surface area contributed by atoms with Crippen LogP contribution in [-0.4, -0.2) is 83.6 Å². The van der Waals surface area contributed by atoms with E-state index in [2.05, 4.69) is 34.0 Å². The number of hydrogen-bond acceptors (Lipinski definition) is 6. The van der Waals surface area contributed by atoms with Gasteiger partial charge >= 0.3 is 0 Å². The van der Waals surface area contributed by atoms with E-state index in [-0.39, 0.29) is 24.3 Å². The molecule has 1 aliphatic rings. The van der Waals surface area contributed by atoms with Crippen molar-refractivity contribution in [3.63, 3.8) is 0 Å². The number of rotatable bonds is 10. The molecule has 1 aromatic heterocycles. The van der Waals surface area contributed by atoms with E-state index < -0.39 is 0 Å². The van der Waals surface area contributed by atoms with Crippen LogP contribution in [0.25, 0.3) is 0 Å². The Morgan fingerprint density at radius 1 is 1.17 bits per heavy atom. The molecule has 2 heterocycles. The van der Waals surface area contributed by atoms with Crippen LogP contribution in [0, 0.1) is 12.8 Å². The molecule has 8 heteroatoms. The summed E-state index contributed by atoms with van der Waals surface area (Å²) in [5.74, 6) is 0.157.